The molecule has 80 valence electrons. The van der Waals surface area contributed by atoms with Gasteiger partial charge >= 0.3 is 0 Å². The second-order valence-corrected chi connectivity index (χ2v) is 5.14. The smallest absolute Gasteiger partial charge is 0.260 e. The van der Waals surface area contributed by atoms with E-state index in [1.165, 1.54) is 0 Å². The van der Waals surface area contributed by atoms with Gasteiger partial charge in [-0.1, -0.05) is 22.0 Å². The van der Waals surface area contributed by atoms with E-state index in [0.29, 0.717) is 11.1 Å². The van der Waals surface area contributed by atoms with Crippen molar-refractivity contribution in [3.63, 3.8) is 0 Å². The molecule has 0 aromatic heterocycles. The first-order valence-electron chi connectivity index (χ1n) is 5.37. The average molecular weight is 275 g/mol. The minimum Gasteiger partial charge on any atom is -0.312 e. The molecule has 1 saturated carbocycles. The highest BCUT2D eigenvalue weighted by Crippen LogP contribution is 2.62. The number of nitrogens with one attached hydrogen (secondary N) is 1. The van der Waals surface area contributed by atoms with E-state index in [-0.39, 0.29) is 13.0 Å². The molecule has 1 heterocycles. The van der Waals surface area contributed by atoms with Gasteiger partial charge in [-0.3, -0.25) is 0 Å². The Morgan fingerprint density at radius 1 is 1.47 bits per heavy atom. The van der Waals surface area contributed by atoms with Gasteiger partial charge in [0, 0.05) is 25.3 Å². The predicted molar refractivity (Wildman–Crippen MR) is 57.1 cm³/mol. The van der Waals surface area contributed by atoms with Gasteiger partial charge in [0.15, 0.2) is 0 Å². The third-order valence-electron chi connectivity index (χ3n) is 3.29. The second-order valence-electron chi connectivity index (χ2n) is 4.22. The molecular weight excluding hydrogens is 264 g/mol. The Hall–Kier alpha value is -0.480. The number of hydrogen-bond acceptors (Lipinski definition) is 1. The second kappa shape index (κ2) is 2.80. The summed E-state index contributed by atoms with van der Waals surface area (Å²) >= 11 is 3.30. The van der Waals surface area contributed by atoms with E-state index in [1.54, 1.807) is 18.2 Å². The molecule has 1 fully saturated rings. The van der Waals surface area contributed by atoms with E-state index in [2.05, 4.69) is 21.2 Å². The van der Waals surface area contributed by atoms with Crippen LogP contribution in [0.25, 0.3) is 0 Å². The van der Waals surface area contributed by atoms with Gasteiger partial charge in [0.05, 0.1) is 5.41 Å². The Bertz CT molecular complexity index is 465. The van der Waals surface area contributed by atoms with Gasteiger partial charge in [-0.15, -0.1) is 0 Å². The van der Waals surface area contributed by atoms with Crippen LogP contribution in [0, 0.1) is 0 Å². The SMILES string of the molecule is [2H]C1NCC2(CC2(F)F)c2cc(Br)ccc21. The van der Waals surface area contributed by atoms with E-state index in [1.807, 2.05) is 0 Å². The van der Waals surface area contributed by atoms with Crippen LogP contribution < -0.4 is 5.32 Å². The predicted octanol–water partition coefficient (Wildman–Crippen LogP) is 2.83. The van der Waals surface area contributed by atoms with Gasteiger partial charge in [0.1, 0.15) is 0 Å². The summed E-state index contributed by atoms with van der Waals surface area (Å²) in [5, 5.41) is 2.84. The van der Waals surface area contributed by atoms with Gasteiger partial charge in [-0.05, 0) is 23.3 Å². The van der Waals surface area contributed by atoms with Crippen LogP contribution in [0.1, 0.15) is 18.9 Å². The molecule has 2 aliphatic rings. The lowest BCUT2D eigenvalue weighted by molar-refractivity contribution is 0.0852. The van der Waals surface area contributed by atoms with E-state index in [9.17, 15) is 8.78 Å². The summed E-state index contributed by atoms with van der Waals surface area (Å²) in [6.45, 7) is -0.400. The largest absolute Gasteiger partial charge is 0.312 e. The molecule has 1 aliphatic heterocycles. The molecule has 0 bridgehead atoms. The number of hydrogen-bond donors (Lipinski definition) is 1. The first-order valence-corrected chi connectivity index (χ1v) is 5.59. The zero-order valence-electron chi connectivity index (χ0n) is 8.86. The molecule has 15 heavy (non-hydrogen) atoms. The fourth-order valence-electron chi connectivity index (χ4n) is 2.32. The zero-order chi connectivity index (χ0) is 11.6. The van der Waals surface area contributed by atoms with Crippen molar-refractivity contribution in [2.75, 3.05) is 6.54 Å². The number of benzene rings is 1. The Balaban J connectivity index is 2.17. The molecular formula is C11H10BrF2N. The van der Waals surface area contributed by atoms with Crippen LogP contribution >= 0.6 is 15.9 Å². The molecule has 3 rings (SSSR count). The summed E-state index contributed by atoms with van der Waals surface area (Å²) in [7, 11) is 0. The van der Waals surface area contributed by atoms with Gasteiger partial charge in [-0.2, -0.15) is 0 Å². The van der Waals surface area contributed by atoms with Crippen molar-refractivity contribution in [3.05, 3.63) is 33.8 Å². The highest BCUT2D eigenvalue weighted by molar-refractivity contribution is 9.10. The van der Waals surface area contributed by atoms with E-state index < -0.39 is 17.9 Å². The van der Waals surface area contributed by atoms with Crippen LogP contribution in [0.2, 0.25) is 0 Å². The Kier molecular flexibility index (Phi) is 1.61. The molecule has 4 heteroatoms. The topological polar surface area (TPSA) is 12.0 Å². The van der Waals surface area contributed by atoms with Crippen molar-refractivity contribution in [2.24, 2.45) is 0 Å². The highest BCUT2D eigenvalue weighted by atomic mass is 79.9. The van der Waals surface area contributed by atoms with Gasteiger partial charge < -0.3 is 5.32 Å². The summed E-state index contributed by atoms with van der Waals surface area (Å²) < 4.78 is 35.6. The van der Waals surface area contributed by atoms with Crippen LogP contribution in [0.3, 0.4) is 0 Å². The van der Waals surface area contributed by atoms with Crippen LogP contribution in [0.15, 0.2) is 22.7 Å². The summed E-state index contributed by atoms with van der Waals surface area (Å²) in [4.78, 5) is 0. The van der Waals surface area contributed by atoms with Crippen LogP contribution in [0.5, 0.6) is 0 Å². The highest BCUT2D eigenvalue weighted by Gasteiger charge is 2.72. The first kappa shape index (κ1) is 8.65. The van der Waals surface area contributed by atoms with E-state index in [0.717, 1.165) is 4.47 Å². The zero-order valence-corrected chi connectivity index (χ0v) is 9.44. The number of alkyl halides is 2. The maximum absolute atomic E-state index is 13.5. The molecule has 1 aliphatic carbocycles. The Morgan fingerprint density at radius 2 is 2.20 bits per heavy atom. The van der Waals surface area contributed by atoms with E-state index in [4.69, 9.17) is 1.37 Å². The molecule has 1 spiro atoms. The summed E-state index contributed by atoms with van der Waals surface area (Å²) in [6.07, 6.45) is -0.108. The fourth-order valence-corrected chi connectivity index (χ4v) is 2.68. The third-order valence-corrected chi connectivity index (χ3v) is 3.78. The number of fused-ring (bicyclic) bond motifs is 2. The normalized spacial score (nSPS) is 37.3. The molecule has 0 radical (unpaired) electrons. The monoisotopic (exact) mass is 274 g/mol. The standard InChI is InChI=1S/C11H10BrF2N/c12-8-2-1-7-4-15-6-10(9(7)3-8)5-11(10,13)14/h1-3,15H,4-6H2/i4D. The van der Waals surface area contributed by atoms with Crippen molar-refractivity contribution in [1.29, 1.82) is 0 Å². The van der Waals surface area contributed by atoms with Crippen molar-refractivity contribution in [3.8, 4) is 0 Å². The first-order chi connectivity index (χ1) is 7.46. The minimum atomic E-state index is -2.63. The van der Waals surface area contributed by atoms with Crippen LogP contribution in [-0.2, 0) is 11.9 Å². The Morgan fingerprint density at radius 3 is 2.87 bits per heavy atom. The van der Waals surface area contributed by atoms with Gasteiger partial charge in [0.2, 0.25) is 0 Å². The summed E-state index contributed by atoms with van der Waals surface area (Å²) in [5.74, 6) is -2.63. The van der Waals surface area contributed by atoms with E-state index >= 15 is 0 Å². The molecule has 2 unspecified atom stereocenters. The maximum atomic E-state index is 13.5. The molecule has 1 nitrogen and oxygen atoms in total. The van der Waals surface area contributed by atoms with Crippen LogP contribution in [0.4, 0.5) is 8.78 Å². The lowest BCUT2D eigenvalue weighted by atomic mass is 9.87. The molecule has 0 amide bonds. The molecule has 1 aromatic rings. The third kappa shape index (κ3) is 1.21. The Labute approximate surface area is 96.4 Å². The number of halogens is 3. The lowest BCUT2D eigenvalue weighted by Crippen LogP contribution is -2.37. The van der Waals surface area contributed by atoms with Crippen LogP contribution in [-0.4, -0.2) is 12.5 Å². The summed E-state index contributed by atoms with van der Waals surface area (Å²) in [5.41, 5.74) is 0.237. The van der Waals surface area contributed by atoms with Crippen molar-refractivity contribution in [2.45, 2.75) is 24.3 Å². The molecule has 2 atom stereocenters. The van der Waals surface area contributed by atoms with Crippen molar-refractivity contribution >= 4 is 15.9 Å². The summed E-state index contributed by atoms with van der Waals surface area (Å²) in [6, 6.07) is 5.28. The minimum absolute atomic E-state index is 0.108. The lowest BCUT2D eigenvalue weighted by Gasteiger charge is -2.26. The number of rotatable bonds is 0. The fraction of sp³-hybridized carbons (Fsp3) is 0.455. The average Bonchev–Trinajstić information content (AvgIpc) is 2.77. The van der Waals surface area contributed by atoms with Gasteiger partial charge in [-0.25, -0.2) is 8.78 Å². The van der Waals surface area contributed by atoms with Crippen molar-refractivity contribution < 1.29 is 10.2 Å². The van der Waals surface area contributed by atoms with Gasteiger partial charge in [0.25, 0.3) is 5.92 Å². The molecule has 1 aromatic carbocycles. The molecule has 1 N–H and O–H groups in total. The maximum Gasteiger partial charge on any atom is 0.260 e. The molecule has 0 saturated heterocycles. The quantitative estimate of drug-likeness (QED) is 0.767. The van der Waals surface area contributed by atoms with Crippen molar-refractivity contribution in [1.82, 2.24) is 5.32 Å².